The first-order valence-electron chi connectivity index (χ1n) is 6.56. The molecule has 2 aromatic carbocycles. The Balaban J connectivity index is 2.33. The Kier molecular flexibility index (Phi) is 4.78. The maximum atomic E-state index is 12.9. The van der Waals surface area contributed by atoms with Crippen LogP contribution in [0.3, 0.4) is 0 Å². The highest BCUT2D eigenvalue weighted by Crippen LogP contribution is 2.35. The lowest BCUT2D eigenvalue weighted by molar-refractivity contribution is -0.136. The van der Waals surface area contributed by atoms with Crippen molar-refractivity contribution in [1.29, 1.82) is 0 Å². The molecule has 0 spiro atoms. The lowest BCUT2D eigenvalue weighted by Crippen LogP contribution is -2.16. The highest BCUT2D eigenvalue weighted by molar-refractivity contribution is 6.05. The van der Waals surface area contributed by atoms with E-state index in [9.17, 15) is 18.0 Å². The quantitative estimate of drug-likeness (QED) is 0.925. The minimum atomic E-state index is -4.56. The molecule has 0 radical (unpaired) electrons. The third-order valence-electron chi connectivity index (χ3n) is 3.09. The van der Waals surface area contributed by atoms with Crippen LogP contribution < -0.4 is 14.8 Å². The van der Waals surface area contributed by atoms with E-state index in [0.29, 0.717) is 11.5 Å². The lowest BCUT2D eigenvalue weighted by atomic mass is 10.1. The molecule has 23 heavy (non-hydrogen) atoms. The van der Waals surface area contributed by atoms with Crippen molar-refractivity contribution in [3.05, 3.63) is 53.6 Å². The van der Waals surface area contributed by atoms with E-state index in [2.05, 4.69) is 5.32 Å². The van der Waals surface area contributed by atoms with Gasteiger partial charge in [-0.25, -0.2) is 0 Å². The van der Waals surface area contributed by atoms with Crippen molar-refractivity contribution < 1.29 is 27.4 Å². The number of hydrogen-bond acceptors (Lipinski definition) is 3. The van der Waals surface area contributed by atoms with Crippen LogP contribution in [0.1, 0.15) is 15.9 Å². The number of rotatable bonds is 4. The van der Waals surface area contributed by atoms with E-state index in [1.165, 1.54) is 44.6 Å². The van der Waals surface area contributed by atoms with Crippen LogP contribution in [-0.4, -0.2) is 20.1 Å². The van der Waals surface area contributed by atoms with Gasteiger partial charge in [0.05, 0.1) is 25.5 Å². The van der Waals surface area contributed by atoms with Crippen LogP contribution in [0.4, 0.5) is 18.9 Å². The van der Waals surface area contributed by atoms with Crippen LogP contribution in [0.5, 0.6) is 11.5 Å². The number of hydrogen-bond donors (Lipinski definition) is 1. The minimum Gasteiger partial charge on any atom is -0.497 e. The van der Waals surface area contributed by atoms with E-state index in [0.717, 1.165) is 6.07 Å². The Morgan fingerprint density at radius 2 is 1.57 bits per heavy atom. The predicted octanol–water partition coefficient (Wildman–Crippen LogP) is 3.97. The van der Waals surface area contributed by atoms with E-state index in [-0.39, 0.29) is 11.3 Å². The monoisotopic (exact) mass is 325 g/mol. The highest BCUT2D eigenvalue weighted by Gasteiger charge is 2.33. The molecule has 2 rings (SSSR count). The molecule has 0 atom stereocenters. The molecule has 0 aliphatic carbocycles. The summed E-state index contributed by atoms with van der Waals surface area (Å²) in [5, 5.41) is 2.27. The molecule has 4 nitrogen and oxygen atoms in total. The SMILES string of the molecule is COc1cc(OC)cc(C(=O)Nc2ccccc2C(F)(F)F)c1. The third kappa shape index (κ3) is 3.94. The molecular weight excluding hydrogens is 311 g/mol. The van der Waals surface area contributed by atoms with E-state index in [1.807, 2.05) is 0 Å². The number of halogens is 3. The van der Waals surface area contributed by atoms with Crippen LogP contribution in [0.15, 0.2) is 42.5 Å². The number of benzene rings is 2. The van der Waals surface area contributed by atoms with Gasteiger partial charge in [-0.3, -0.25) is 4.79 Å². The van der Waals surface area contributed by atoms with Gasteiger partial charge in [0.15, 0.2) is 0 Å². The molecule has 0 heterocycles. The predicted molar refractivity (Wildman–Crippen MR) is 78.9 cm³/mol. The molecule has 2 aromatic rings. The van der Waals surface area contributed by atoms with Crippen LogP contribution in [0, 0.1) is 0 Å². The number of methoxy groups -OCH3 is 2. The number of carbonyl (C=O) groups is 1. The van der Waals surface area contributed by atoms with Crippen molar-refractivity contribution in [2.75, 3.05) is 19.5 Å². The molecule has 1 N–H and O–H groups in total. The van der Waals surface area contributed by atoms with Gasteiger partial charge in [-0.05, 0) is 24.3 Å². The fourth-order valence-corrected chi connectivity index (χ4v) is 1.97. The first-order valence-corrected chi connectivity index (χ1v) is 6.56. The van der Waals surface area contributed by atoms with Crippen molar-refractivity contribution in [2.45, 2.75) is 6.18 Å². The lowest BCUT2D eigenvalue weighted by Gasteiger charge is -2.14. The summed E-state index contributed by atoms with van der Waals surface area (Å²) in [6, 6.07) is 9.15. The average Bonchev–Trinajstić information content (AvgIpc) is 2.53. The number of para-hydroxylation sites is 1. The third-order valence-corrected chi connectivity index (χ3v) is 3.09. The molecular formula is C16H14F3NO3. The van der Waals surface area contributed by atoms with Gasteiger partial charge in [0.2, 0.25) is 0 Å². The summed E-state index contributed by atoms with van der Waals surface area (Å²) in [5.41, 5.74) is -1.10. The molecule has 0 fully saturated rings. The molecule has 0 aliphatic rings. The summed E-state index contributed by atoms with van der Waals surface area (Å²) in [6.07, 6.45) is -4.56. The number of ether oxygens (including phenoxy) is 2. The van der Waals surface area contributed by atoms with Crippen molar-refractivity contribution in [3.8, 4) is 11.5 Å². The Labute approximate surface area is 130 Å². The van der Waals surface area contributed by atoms with Crippen molar-refractivity contribution >= 4 is 11.6 Å². The molecule has 0 bridgehead atoms. The Hall–Kier alpha value is -2.70. The number of amides is 1. The Morgan fingerprint density at radius 1 is 1.00 bits per heavy atom. The smallest absolute Gasteiger partial charge is 0.418 e. The van der Waals surface area contributed by atoms with Gasteiger partial charge in [-0.1, -0.05) is 12.1 Å². The standard InChI is InChI=1S/C16H14F3NO3/c1-22-11-7-10(8-12(9-11)23-2)15(21)20-14-6-4-3-5-13(14)16(17,18)19/h3-9H,1-2H3,(H,20,21). The van der Waals surface area contributed by atoms with Crippen LogP contribution in [-0.2, 0) is 6.18 Å². The van der Waals surface area contributed by atoms with Gasteiger partial charge in [-0.2, -0.15) is 13.2 Å². The second-order valence-electron chi connectivity index (χ2n) is 4.60. The average molecular weight is 325 g/mol. The molecule has 0 aromatic heterocycles. The number of anilines is 1. The second-order valence-corrected chi connectivity index (χ2v) is 4.60. The zero-order valence-corrected chi connectivity index (χ0v) is 12.4. The Morgan fingerprint density at radius 3 is 2.09 bits per heavy atom. The maximum absolute atomic E-state index is 12.9. The maximum Gasteiger partial charge on any atom is 0.418 e. The van der Waals surface area contributed by atoms with Crippen LogP contribution >= 0.6 is 0 Å². The summed E-state index contributed by atoms with van der Waals surface area (Å²) in [4.78, 5) is 12.2. The molecule has 0 saturated carbocycles. The number of alkyl halides is 3. The zero-order chi connectivity index (χ0) is 17.0. The minimum absolute atomic E-state index is 0.123. The van der Waals surface area contributed by atoms with E-state index >= 15 is 0 Å². The van der Waals surface area contributed by atoms with Crippen LogP contribution in [0.25, 0.3) is 0 Å². The van der Waals surface area contributed by atoms with Crippen molar-refractivity contribution in [1.82, 2.24) is 0 Å². The molecule has 1 amide bonds. The van der Waals surface area contributed by atoms with E-state index < -0.39 is 17.6 Å². The van der Waals surface area contributed by atoms with Gasteiger partial charge >= 0.3 is 6.18 Å². The highest BCUT2D eigenvalue weighted by atomic mass is 19.4. The summed E-state index contributed by atoms with van der Waals surface area (Å²) in [6.45, 7) is 0. The molecule has 0 unspecified atom stereocenters. The van der Waals surface area contributed by atoms with Gasteiger partial charge in [0.25, 0.3) is 5.91 Å². The topological polar surface area (TPSA) is 47.6 Å². The first-order chi connectivity index (χ1) is 10.8. The first kappa shape index (κ1) is 16.7. The van der Waals surface area contributed by atoms with Crippen molar-refractivity contribution in [3.63, 3.8) is 0 Å². The largest absolute Gasteiger partial charge is 0.497 e. The zero-order valence-electron chi connectivity index (χ0n) is 12.4. The fourth-order valence-electron chi connectivity index (χ4n) is 1.97. The normalized spacial score (nSPS) is 11.0. The van der Waals surface area contributed by atoms with Gasteiger partial charge in [-0.15, -0.1) is 0 Å². The second kappa shape index (κ2) is 6.60. The Bertz CT molecular complexity index is 692. The molecule has 122 valence electrons. The molecule has 7 heteroatoms. The van der Waals surface area contributed by atoms with E-state index in [1.54, 1.807) is 6.07 Å². The van der Waals surface area contributed by atoms with Gasteiger partial charge in [0.1, 0.15) is 11.5 Å². The summed E-state index contributed by atoms with van der Waals surface area (Å²) in [7, 11) is 2.82. The molecule has 0 saturated heterocycles. The number of nitrogens with one attached hydrogen (secondary N) is 1. The molecule has 0 aliphatic heterocycles. The van der Waals surface area contributed by atoms with E-state index in [4.69, 9.17) is 9.47 Å². The van der Waals surface area contributed by atoms with Crippen molar-refractivity contribution in [2.24, 2.45) is 0 Å². The van der Waals surface area contributed by atoms with Gasteiger partial charge < -0.3 is 14.8 Å². The summed E-state index contributed by atoms with van der Waals surface area (Å²) >= 11 is 0. The summed E-state index contributed by atoms with van der Waals surface area (Å²) in [5.74, 6) is 0.0242. The van der Waals surface area contributed by atoms with Crippen LogP contribution in [0.2, 0.25) is 0 Å². The fraction of sp³-hybridized carbons (Fsp3) is 0.188. The summed E-state index contributed by atoms with van der Waals surface area (Å²) < 4.78 is 48.9. The number of carbonyl (C=O) groups excluding carboxylic acids is 1. The van der Waals surface area contributed by atoms with Gasteiger partial charge in [0, 0.05) is 11.6 Å².